The average molecular weight is 397 g/mol. The Morgan fingerprint density at radius 3 is 2.32 bits per heavy atom. The molecule has 0 spiro atoms. The van der Waals surface area contributed by atoms with Gasteiger partial charge in [0.2, 0.25) is 5.91 Å². The number of carboxylic acid groups (broad SMARTS) is 1. The maximum atomic E-state index is 11.7. The lowest BCUT2D eigenvalue weighted by Crippen LogP contribution is -2.40. The van der Waals surface area contributed by atoms with Crippen LogP contribution in [0.4, 0.5) is 0 Å². The summed E-state index contributed by atoms with van der Waals surface area (Å²) in [4.78, 5) is 37.4. The number of carbonyl (C=O) groups excluding carboxylic acids is 2. The quantitative estimate of drug-likeness (QED) is 0.116. The van der Waals surface area contributed by atoms with Crippen molar-refractivity contribution < 1.29 is 19.5 Å². The first-order valence-electron chi connectivity index (χ1n) is 9.74. The van der Waals surface area contributed by atoms with Gasteiger partial charge in [0.25, 0.3) is 0 Å². The van der Waals surface area contributed by atoms with Crippen molar-refractivity contribution in [2.24, 2.45) is 16.5 Å². The third kappa shape index (κ3) is 19.7. The number of nitrogens with two attached hydrogens (primary N) is 2. The fourth-order valence-corrected chi connectivity index (χ4v) is 2.11. The summed E-state index contributed by atoms with van der Waals surface area (Å²) in [6, 6.07) is -0.980. The van der Waals surface area contributed by atoms with E-state index in [4.69, 9.17) is 16.6 Å². The fraction of sp³-hybridized carbons (Fsp3) is 0.600. The van der Waals surface area contributed by atoms with Crippen LogP contribution in [-0.4, -0.2) is 41.3 Å². The lowest BCUT2D eigenvalue weighted by atomic mass is 10.1. The Morgan fingerprint density at radius 2 is 1.75 bits per heavy atom. The van der Waals surface area contributed by atoms with Crippen molar-refractivity contribution in [3.05, 3.63) is 24.3 Å². The molecule has 0 saturated carbocycles. The predicted octanol–water partition coefficient (Wildman–Crippen LogP) is 2.29. The van der Waals surface area contributed by atoms with Crippen LogP contribution in [-0.2, 0) is 14.4 Å². The molecule has 8 heteroatoms. The Labute approximate surface area is 168 Å². The molecule has 0 aromatic carbocycles. The zero-order valence-electron chi connectivity index (χ0n) is 17.3. The van der Waals surface area contributed by atoms with Gasteiger partial charge in [0, 0.05) is 19.0 Å². The molecule has 28 heavy (non-hydrogen) atoms. The Bertz CT molecular complexity index is 538. The van der Waals surface area contributed by atoms with Gasteiger partial charge in [0.15, 0.2) is 5.96 Å². The topological polar surface area (TPSA) is 148 Å². The van der Waals surface area contributed by atoms with Gasteiger partial charge in [-0.1, -0.05) is 38.5 Å². The van der Waals surface area contributed by atoms with E-state index >= 15 is 0 Å². The van der Waals surface area contributed by atoms with Crippen LogP contribution >= 0.6 is 0 Å². The number of amides is 1. The molecule has 1 amide bonds. The maximum absolute atomic E-state index is 11.7. The summed E-state index contributed by atoms with van der Waals surface area (Å²) in [5, 5.41) is 11.6. The number of aliphatic imine (C=N–C) groups is 1. The molecule has 0 rings (SSSR count). The largest absolute Gasteiger partial charge is 0.480 e. The second-order valence-corrected chi connectivity index (χ2v) is 5.94. The van der Waals surface area contributed by atoms with E-state index in [2.05, 4.69) is 10.3 Å². The van der Waals surface area contributed by atoms with Gasteiger partial charge >= 0.3 is 5.97 Å². The first-order chi connectivity index (χ1) is 13.3. The monoisotopic (exact) mass is 396 g/mol. The second kappa shape index (κ2) is 19.1. The average Bonchev–Trinajstić information content (AvgIpc) is 2.63. The molecule has 0 bridgehead atoms. The van der Waals surface area contributed by atoms with Gasteiger partial charge in [-0.05, 0) is 39.0 Å². The van der Waals surface area contributed by atoms with Gasteiger partial charge in [-0.2, -0.15) is 0 Å². The molecule has 0 aromatic rings. The molecule has 160 valence electrons. The van der Waals surface area contributed by atoms with Crippen LogP contribution in [0.25, 0.3) is 0 Å². The van der Waals surface area contributed by atoms with Crippen molar-refractivity contribution in [2.45, 2.75) is 71.8 Å². The molecule has 0 aromatic heterocycles. The smallest absolute Gasteiger partial charge is 0.326 e. The number of Topliss-reactive ketones (excluding diaryl/α,β-unsaturated/α-hetero) is 1. The summed E-state index contributed by atoms with van der Waals surface area (Å²) in [5.74, 6) is -1.40. The van der Waals surface area contributed by atoms with Gasteiger partial charge < -0.3 is 26.7 Å². The molecular weight excluding hydrogens is 360 g/mol. The summed E-state index contributed by atoms with van der Waals surface area (Å²) >= 11 is 0. The molecular formula is C20H36N4O4. The standard InChI is InChI=1S/C18H30N4O4.C2H6/c1-14(23)10-7-5-3-2-4-6-8-12-16(24)22-15(17(25)26)11-9-13-21-18(19)20;1-2/h4,6,8,12,15H,2-3,5,7,9-11,13H2,1H3,(H,22,24)(H,25,26)(H4,19,20,21);1-2H3/b6-4+,12-8+;/t15-;/m0./s1. The summed E-state index contributed by atoms with van der Waals surface area (Å²) in [6.45, 7) is 5.90. The van der Waals surface area contributed by atoms with E-state index in [1.54, 1.807) is 19.1 Å². The van der Waals surface area contributed by atoms with E-state index in [-0.39, 0.29) is 18.2 Å². The molecule has 0 unspecified atom stereocenters. The third-order valence-electron chi connectivity index (χ3n) is 3.45. The lowest BCUT2D eigenvalue weighted by molar-refractivity contribution is -0.141. The second-order valence-electron chi connectivity index (χ2n) is 5.94. The summed E-state index contributed by atoms with van der Waals surface area (Å²) in [5.41, 5.74) is 10.4. The maximum Gasteiger partial charge on any atom is 0.326 e. The van der Waals surface area contributed by atoms with Gasteiger partial charge in [-0.3, -0.25) is 9.79 Å². The van der Waals surface area contributed by atoms with Crippen molar-refractivity contribution in [1.82, 2.24) is 5.32 Å². The van der Waals surface area contributed by atoms with Crippen molar-refractivity contribution in [1.29, 1.82) is 0 Å². The van der Waals surface area contributed by atoms with Gasteiger partial charge in [-0.25, -0.2) is 4.79 Å². The zero-order chi connectivity index (χ0) is 21.8. The fourth-order valence-electron chi connectivity index (χ4n) is 2.11. The highest BCUT2D eigenvalue weighted by molar-refractivity contribution is 5.91. The van der Waals surface area contributed by atoms with Crippen LogP contribution in [0.1, 0.15) is 65.7 Å². The zero-order valence-corrected chi connectivity index (χ0v) is 17.3. The predicted molar refractivity (Wildman–Crippen MR) is 113 cm³/mol. The van der Waals surface area contributed by atoms with Crippen molar-refractivity contribution in [3.8, 4) is 0 Å². The number of nitrogens with one attached hydrogen (secondary N) is 1. The number of hydrogen-bond donors (Lipinski definition) is 4. The van der Waals surface area contributed by atoms with Gasteiger partial charge in [0.05, 0.1) is 0 Å². The Kier molecular flexibility index (Phi) is 18.8. The van der Waals surface area contributed by atoms with E-state index in [0.717, 1.165) is 25.7 Å². The highest BCUT2D eigenvalue weighted by Crippen LogP contribution is 2.04. The van der Waals surface area contributed by atoms with Crippen LogP contribution in [0, 0.1) is 0 Å². The molecule has 0 aliphatic rings. The minimum absolute atomic E-state index is 0.0468. The van der Waals surface area contributed by atoms with Crippen LogP contribution in [0.15, 0.2) is 29.3 Å². The van der Waals surface area contributed by atoms with Crippen molar-refractivity contribution >= 4 is 23.6 Å². The molecule has 0 heterocycles. The molecule has 0 saturated heterocycles. The number of nitrogens with zero attached hydrogens (tertiary/aromatic N) is 1. The number of aliphatic carboxylic acids is 1. The van der Waals surface area contributed by atoms with E-state index in [1.165, 1.54) is 6.08 Å². The molecule has 0 aliphatic heterocycles. The lowest BCUT2D eigenvalue weighted by Gasteiger charge is -2.12. The number of carbonyl (C=O) groups is 3. The highest BCUT2D eigenvalue weighted by atomic mass is 16.4. The first-order valence-corrected chi connectivity index (χ1v) is 9.74. The van der Waals surface area contributed by atoms with E-state index in [1.807, 2.05) is 19.9 Å². The number of ketones is 1. The summed E-state index contributed by atoms with van der Waals surface area (Å²) < 4.78 is 0. The first kappa shape index (κ1) is 27.6. The van der Waals surface area contributed by atoms with Crippen LogP contribution < -0.4 is 16.8 Å². The molecule has 6 N–H and O–H groups in total. The highest BCUT2D eigenvalue weighted by Gasteiger charge is 2.17. The number of rotatable bonds is 14. The molecule has 0 radical (unpaired) electrons. The summed E-state index contributed by atoms with van der Waals surface area (Å²) in [7, 11) is 0. The Balaban J connectivity index is 0. The number of guanidine groups is 1. The minimum atomic E-state index is -1.10. The van der Waals surface area contributed by atoms with Crippen molar-refractivity contribution in [3.63, 3.8) is 0 Å². The van der Waals surface area contributed by atoms with E-state index < -0.39 is 17.9 Å². The number of allylic oxidation sites excluding steroid dienone is 3. The molecule has 0 fully saturated rings. The van der Waals surface area contributed by atoms with Gasteiger partial charge in [0.1, 0.15) is 11.8 Å². The third-order valence-corrected chi connectivity index (χ3v) is 3.45. The molecule has 8 nitrogen and oxygen atoms in total. The van der Waals surface area contributed by atoms with Crippen molar-refractivity contribution in [2.75, 3.05) is 6.54 Å². The number of carboxylic acids is 1. The van der Waals surface area contributed by atoms with Gasteiger partial charge in [-0.15, -0.1) is 0 Å². The van der Waals surface area contributed by atoms with Crippen LogP contribution in [0.5, 0.6) is 0 Å². The number of unbranched alkanes of at least 4 members (excludes halogenated alkanes) is 3. The molecule has 0 aliphatic carbocycles. The van der Waals surface area contributed by atoms with E-state index in [0.29, 0.717) is 19.4 Å². The van der Waals surface area contributed by atoms with Crippen LogP contribution in [0.2, 0.25) is 0 Å². The van der Waals surface area contributed by atoms with Crippen LogP contribution in [0.3, 0.4) is 0 Å². The minimum Gasteiger partial charge on any atom is -0.480 e. The SMILES string of the molecule is CC.CC(=O)CCCCC/C=C/C=C/C(=O)N[C@@H](CCCN=C(N)N)C(=O)O. The Hall–Kier alpha value is -2.64. The van der Waals surface area contributed by atoms with E-state index in [9.17, 15) is 14.4 Å². The Morgan fingerprint density at radius 1 is 1.07 bits per heavy atom. The summed E-state index contributed by atoms with van der Waals surface area (Å²) in [6.07, 6.45) is 11.6. The molecule has 1 atom stereocenters. The normalized spacial score (nSPS) is 11.5. The number of hydrogen-bond acceptors (Lipinski definition) is 4.